The highest BCUT2D eigenvalue weighted by Crippen LogP contribution is 2.36. The molecule has 1 amide bonds. The Bertz CT molecular complexity index is 839. The highest BCUT2D eigenvalue weighted by Gasteiger charge is 2.46. The van der Waals surface area contributed by atoms with Crippen molar-refractivity contribution in [1.82, 2.24) is 10.2 Å². The molecule has 2 fully saturated rings. The fraction of sp³-hybridized carbons (Fsp3) is 0.565. The molecule has 2 N–H and O–H groups in total. The molecule has 0 radical (unpaired) electrons. The second-order valence-corrected chi connectivity index (χ2v) is 8.35. The number of alkyl halides is 3. The van der Waals surface area contributed by atoms with Crippen molar-refractivity contribution in [3.05, 3.63) is 42.1 Å². The molecule has 2 atom stereocenters. The molecule has 0 aliphatic carbocycles. The third kappa shape index (κ3) is 7.10. The molecule has 1 spiro atoms. The lowest BCUT2D eigenvalue weighted by molar-refractivity contribution is -0.220. The molecule has 0 aromatic heterocycles. The zero-order valence-electron chi connectivity index (χ0n) is 19.0. The van der Waals surface area contributed by atoms with Crippen molar-refractivity contribution >= 4 is 12.3 Å². The van der Waals surface area contributed by atoms with Gasteiger partial charge in [0.05, 0.1) is 38.6 Å². The summed E-state index contributed by atoms with van der Waals surface area (Å²) in [6.45, 7) is 0.146. The van der Waals surface area contributed by atoms with Gasteiger partial charge in [-0.2, -0.15) is 13.2 Å². The number of nitrogens with zero attached hydrogens (tertiary/aromatic N) is 1. The van der Waals surface area contributed by atoms with E-state index in [0.717, 1.165) is 6.42 Å². The Labute approximate surface area is 196 Å². The van der Waals surface area contributed by atoms with Gasteiger partial charge < -0.3 is 34.6 Å². The molecule has 0 bridgehead atoms. The number of rotatable bonds is 9. The van der Waals surface area contributed by atoms with Crippen LogP contribution in [0, 0.1) is 5.41 Å². The lowest BCUT2D eigenvalue weighted by Crippen LogP contribution is -2.49. The molecule has 188 valence electrons. The molecule has 1 unspecified atom stereocenters. The average Bonchev–Trinajstić information content (AvgIpc) is 3.21. The summed E-state index contributed by atoms with van der Waals surface area (Å²) >= 11 is 0. The van der Waals surface area contributed by atoms with Crippen molar-refractivity contribution in [2.45, 2.75) is 49.8 Å². The summed E-state index contributed by atoms with van der Waals surface area (Å²) in [6, 6.07) is 6.83. The zero-order chi connectivity index (χ0) is 24.6. The minimum absolute atomic E-state index is 0.0537. The van der Waals surface area contributed by atoms with E-state index in [2.05, 4.69) is 5.32 Å². The lowest BCUT2D eigenvalue weighted by Gasteiger charge is -2.38. The van der Waals surface area contributed by atoms with E-state index in [9.17, 15) is 18.0 Å². The van der Waals surface area contributed by atoms with Crippen LogP contribution >= 0.6 is 0 Å². The number of methoxy groups -OCH3 is 1. The normalized spacial score (nSPS) is 20.9. The summed E-state index contributed by atoms with van der Waals surface area (Å²) in [4.78, 5) is 13.7. The Hall–Kier alpha value is -2.79. The van der Waals surface area contributed by atoms with Crippen LogP contribution in [0.1, 0.15) is 24.8 Å². The monoisotopic (exact) mass is 485 g/mol. The van der Waals surface area contributed by atoms with Crippen LogP contribution in [0.3, 0.4) is 0 Å². The Balaban J connectivity index is 1.46. The molecule has 2 heterocycles. The quantitative estimate of drug-likeness (QED) is 0.519. The molecular weight excluding hydrogens is 455 g/mol. The van der Waals surface area contributed by atoms with Crippen molar-refractivity contribution in [1.29, 1.82) is 5.41 Å². The molecule has 2 aliphatic rings. The maximum absolute atomic E-state index is 13.4. The summed E-state index contributed by atoms with van der Waals surface area (Å²) in [5.74, 6) is 0.628. The molecule has 1 aromatic rings. The van der Waals surface area contributed by atoms with Crippen LogP contribution in [-0.2, 0) is 20.8 Å². The highest BCUT2D eigenvalue weighted by molar-refractivity contribution is 5.68. The number of piperidine rings is 1. The lowest BCUT2D eigenvalue weighted by atomic mass is 9.87. The van der Waals surface area contributed by atoms with E-state index in [-0.39, 0.29) is 25.7 Å². The van der Waals surface area contributed by atoms with Gasteiger partial charge in [0, 0.05) is 19.3 Å². The smallest absolute Gasteiger partial charge is 0.427 e. The van der Waals surface area contributed by atoms with Gasteiger partial charge in [-0.25, -0.2) is 4.79 Å². The predicted molar refractivity (Wildman–Crippen MR) is 118 cm³/mol. The standard InChI is InChI=1S/C23H30F3N3O5/c1-31-19-5-3-17(4-6-19)14-32-16-20(23(24,25)26)34-21(30)29-11-7-22(8-12-29)13-18(15-33-22)28-10-2-9-27/h2-6,9-10,18,20,27-28H,7-8,11-16H2,1H3/b10-2-,27-9?/t18?,20-/m1/s1. The molecule has 2 aliphatic heterocycles. The van der Waals surface area contributed by atoms with Crippen molar-refractivity contribution in [2.75, 3.05) is 33.4 Å². The maximum atomic E-state index is 13.4. The minimum Gasteiger partial charge on any atom is -0.497 e. The second-order valence-electron chi connectivity index (χ2n) is 8.35. The third-order valence-corrected chi connectivity index (χ3v) is 5.97. The number of halogens is 3. The molecule has 8 nitrogen and oxygen atoms in total. The van der Waals surface area contributed by atoms with Gasteiger partial charge in [0.25, 0.3) is 0 Å². The van der Waals surface area contributed by atoms with Crippen LogP contribution in [0.4, 0.5) is 18.0 Å². The van der Waals surface area contributed by atoms with Gasteiger partial charge in [-0.15, -0.1) is 0 Å². The molecule has 0 saturated carbocycles. The number of benzene rings is 1. The number of nitrogens with one attached hydrogen (secondary N) is 2. The Morgan fingerprint density at radius 2 is 2.03 bits per heavy atom. The number of amides is 1. The molecule has 34 heavy (non-hydrogen) atoms. The van der Waals surface area contributed by atoms with Crippen LogP contribution in [0.25, 0.3) is 0 Å². The first-order chi connectivity index (χ1) is 16.2. The topological polar surface area (TPSA) is 93.1 Å². The van der Waals surface area contributed by atoms with Gasteiger partial charge in [-0.1, -0.05) is 12.1 Å². The number of ether oxygens (including phenoxy) is 4. The van der Waals surface area contributed by atoms with Gasteiger partial charge in [-0.05, 0) is 49.2 Å². The molecule has 2 saturated heterocycles. The number of hydrogen-bond acceptors (Lipinski definition) is 7. The van der Waals surface area contributed by atoms with Gasteiger partial charge in [0.1, 0.15) is 5.75 Å². The average molecular weight is 486 g/mol. The minimum atomic E-state index is -4.75. The fourth-order valence-electron chi connectivity index (χ4n) is 4.03. The fourth-order valence-corrected chi connectivity index (χ4v) is 4.03. The van der Waals surface area contributed by atoms with E-state index >= 15 is 0 Å². The van der Waals surface area contributed by atoms with Crippen molar-refractivity contribution in [3.8, 4) is 5.75 Å². The summed E-state index contributed by atoms with van der Waals surface area (Å²) in [7, 11) is 1.52. The molecule has 11 heteroatoms. The third-order valence-electron chi connectivity index (χ3n) is 5.97. The molecular formula is C23H30F3N3O5. The maximum Gasteiger partial charge on any atom is 0.427 e. The Kier molecular flexibility index (Phi) is 8.78. The van der Waals surface area contributed by atoms with E-state index < -0.39 is 30.6 Å². The van der Waals surface area contributed by atoms with Crippen LogP contribution in [0.2, 0.25) is 0 Å². The van der Waals surface area contributed by atoms with E-state index in [4.69, 9.17) is 24.4 Å². The number of likely N-dealkylation sites (tertiary alicyclic amines) is 1. The van der Waals surface area contributed by atoms with Gasteiger partial charge >= 0.3 is 12.3 Å². The van der Waals surface area contributed by atoms with Crippen LogP contribution in [0.15, 0.2) is 36.5 Å². The SMILES string of the molecule is COc1ccc(COC[C@@H](OC(=O)N2CCC3(CC2)CC(N/C=C\C=N)CO3)C(F)(F)F)cc1. The van der Waals surface area contributed by atoms with Gasteiger partial charge in [-0.3, -0.25) is 0 Å². The largest absolute Gasteiger partial charge is 0.497 e. The zero-order valence-corrected chi connectivity index (χ0v) is 19.0. The molecule has 1 aromatic carbocycles. The number of allylic oxidation sites excluding steroid dienone is 1. The second kappa shape index (κ2) is 11.6. The summed E-state index contributed by atoms with van der Waals surface area (Å²) in [5, 5.41) is 10.2. The van der Waals surface area contributed by atoms with Crippen LogP contribution in [-0.4, -0.2) is 74.5 Å². The van der Waals surface area contributed by atoms with Gasteiger partial charge in [0.15, 0.2) is 0 Å². The first-order valence-corrected chi connectivity index (χ1v) is 11.0. The molecule has 3 rings (SSSR count). The van der Waals surface area contributed by atoms with E-state index in [0.29, 0.717) is 30.8 Å². The highest BCUT2D eigenvalue weighted by atomic mass is 19.4. The number of carbonyl (C=O) groups is 1. The number of hydrogen-bond donors (Lipinski definition) is 2. The van der Waals surface area contributed by atoms with E-state index in [1.807, 2.05) is 0 Å². The summed E-state index contributed by atoms with van der Waals surface area (Å²) in [6.07, 6.45) is -1.94. The summed E-state index contributed by atoms with van der Waals surface area (Å²) in [5.41, 5.74) is 0.268. The first-order valence-electron chi connectivity index (χ1n) is 11.0. The van der Waals surface area contributed by atoms with E-state index in [1.54, 1.807) is 36.5 Å². The van der Waals surface area contributed by atoms with Crippen molar-refractivity contribution in [2.24, 2.45) is 0 Å². The Morgan fingerprint density at radius 1 is 1.32 bits per heavy atom. The van der Waals surface area contributed by atoms with Crippen molar-refractivity contribution < 1.29 is 36.9 Å². The Morgan fingerprint density at radius 3 is 2.65 bits per heavy atom. The van der Waals surface area contributed by atoms with Gasteiger partial charge in [0.2, 0.25) is 6.10 Å². The summed E-state index contributed by atoms with van der Waals surface area (Å²) < 4.78 is 61.3. The number of carbonyl (C=O) groups excluding carboxylic acids is 1. The van der Waals surface area contributed by atoms with Crippen molar-refractivity contribution in [3.63, 3.8) is 0 Å². The predicted octanol–water partition coefficient (Wildman–Crippen LogP) is 3.66. The van der Waals surface area contributed by atoms with Crippen LogP contribution in [0.5, 0.6) is 5.75 Å². The van der Waals surface area contributed by atoms with Crippen LogP contribution < -0.4 is 10.1 Å². The first kappa shape index (κ1) is 25.8. The van der Waals surface area contributed by atoms with E-state index in [1.165, 1.54) is 18.2 Å².